The van der Waals surface area contributed by atoms with Crippen molar-refractivity contribution in [3.63, 3.8) is 0 Å². The van der Waals surface area contributed by atoms with Crippen LogP contribution in [0.3, 0.4) is 0 Å². The maximum absolute atomic E-state index is 12.7. The molecule has 2 aromatic heterocycles. The number of alkyl halides is 3. The van der Waals surface area contributed by atoms with E-state index >= 15 is 0 Å². The molecule has 0 aliphatic rings. The molecule has 21 heavy (non-hydrogen) atoms. The Morgan fingerprint density at radius 3 is 2.62 bits per heavy atom. The minimum Gasteiger partial charge on any atom is -0.389 e. The van der Waals surface area contributed by atoms with Gasteiger partial charge in [0.1, 0.15) is 16.5 Å². The zero-order valence-corrected chi connectivity index (χ0v) is 12.5. The number of aryl methyl sites for hydroxylation is 1. The van der Waals surface area contributed by atoms with E-state index in [0.29, 0.717) is 5.69 Å². The molecule has 4 nitrogen and oxygen atoms in total. The molecule has 0 saturated carbocycles. The number of hydrogen-bond acceptors (Lipinski definition) is 5. The number of nitrogens with two attached hydrogens (primary N) is 1. The first-order chi connectivity index (χ1) is 9.77. The number of anilines is 1. The van der Waals surface area contributed by atoms with E-state index < -0.39 is 11.9 Å². The number of nitrogens with one attached hydrogen (secondary N) is 1. The van der Waals surface area contributed by atoms with Crippen LogP contribution in [0.15, 0.2) is 17.5 Å². The van der Waals surface area contributed by atoms with Gasteiger partial charge < -0.3 is 11.1 Å². The molecule has 3 N–H and O–H groups in total. The van der Waals surface area contributed by atoms with E-state index in [2.05, 4.69) is 15.3 Å². The fourth-order valence-electron chi connectivity index (χ4n) is 1.61. The summed E-state index contributed by atoms with van der Waals surface area (Å²) in [5.74, 6) is 0.00276. The third-order valence-electron chi connectivity index (χ3n) is 2.55. The number of halogens is 3. The SMILES string of the molecule is Cc1nc(CNc2nc(C(F)(F)F)ccc2C(N)=S)cs1. The highest BCUT2D eigenvalue weighted by atomic mass is 32.1. The smallest absolute Gasteiger partial charge is 0.389 e. The van der Waals surface area contributed by atoms with Crippen LogP contribution in [0.25, 0.3) is 0 Å². The number of pyridine rings is 1. The molecule has 0 amide bonds. The standard InChI is InChI=1S/C12H11F3N4S2/c1-6-18-7(5-21-6)4-17-11-8(10(16)20)2-3-9(19-11)12(13,14)15/h2-3,5H,4H2,1H3,(H2,16,20)(H,17,19). The second-order valence-electron chi connectivity index (χ2n) is 4.17. The monoisotopic (exact) mass is 332 g/mol. The molecule has 0 spiro atoms. The lowest BCUT2D eigenvalue weighted by molar-refractivity contribution is -0.141. The van der Waals surface area contributed by atoms with Crippen LogP contribution >= 0.6 is 23.6 Å². The molecule has 0 bridgehead atoms. The van der Waals surface area contributed by atoms with Crippen molar-refractivity contribution in [3.8, 4) is 0 Å². The van der Waals surface area contributed by atoms with Crippen molar-refractivity contribution < 1.29 is 13.2 Å². The van der Waals surface area contributed by atoms with E-state index in [1.165, 1.54) is 17.4 Å². The van der Waals surface area contributed by atoms with Gasteiger partial charge in [-0.25, -0.2) is 9.97 Å². The van der Waals surface area contributed by atoms with Gasteiger partial charge in [0.15, 0.2) is 0 Å². The van der Waals surface area contributed by atoms with Gasteiger partial charge in [0.05, 0.1) is 22.8 Å². The fraction of sp³-hybridized carbons (Fsp3) is 0.250. The molecule has 112 valence electrons. The Kier molecular flexibility index (Phi) is 4.43. The van der Waals surface area contributed by atoms with E-state index in [9.17, 15) is 13.2 Å². The molecule has 0 aromatic carbocycles. The summed E-state index contributed by atoms with van der Waals surface area (Å²) in [6, 6.07) is 2.07. The summed E-state index contributed by atoms with van der Waals surface area (Å²) in [5.41, 5.74) is 5.48. The summed E-state index contributed by atoms with van der Waals surface area (Å²) in [6.45, 7) is 2.09. The van der Waals surface area contributed by atoms with Gasteiger partial charge in [0.25, 0.3) is 0 Å². The van der Waals surface area contributed by atoms with E-state index in [0.717, 1.165) is 11.1 Å². The molecule has 9 heteroatoms. The molecule has 0 unspecified atom stereocenters. The van der Waals surface area contributed by atoms with Gasteiger partial charge in [-0.3, -0.25) is 0 Å². The fourth-order valence-corrected chi connectivity index (χ4v) is 2.39. The van der Waals surface area contributed by atoms with Crippen molar-refractivity contribution in [3.05, 3.63) is 39.5 Å². The predicted molar refractivity (Wildman–Crippen MR) is 79.3 cm³/mol. The van der Waals surface area contributed by atoms with Gasteiger partial charge in [0, 0.05) is 5.38 Å². The molecule has 0 fully saturated rings. The summed E-state index contributed by atoms with van der Waals surface area (Å²) in [7, 11) is 0. The van der Waals surface area contributed by atoms with Crippen molar-refractivity contribution in [2.45, 2.75) is 19.6 Å². The van der Waals surface area contributed by atoms with Gasteiger partial charge >= 0.3 is 6.18 Å². The minimum atomic E-state index is -4.53. The Labute approximate surface area is 128 Å². The summed E-state index contributed by atoms with van der Waals surface area (Å²) < 4.78 is 38.1. The molecule has 0 radical (unpaired) electrons. The zero-order chi connectivity index (χ0) is 15.6. The van der Waals surface area contributed by atoms with Crippen LogP contribution in [0, 0.1) is 6.92 Å². The van der Waals surface area contributed by atoms with Crippen LogP contribution in [0.1, 0.15) is 22.0 Å². The van der Waals surface area contributed by atoms with E-state index in [1.54, 1.807) is 0 Å². The number of nitrogens with zero attached hydrogens (tertiary/aromatic N) is 2. The number of thiazole rings is 1. The van der Waals surface area contributed by atoms with Gasteiger partial charge in [-0.05, 0) is 19.1 Å². The zero-order valence-electron chi connectivity index (χ0n) is 10.9. The maximum Gasteiger partial charge on any atom is 0.433 e. The van der Waals surface area contributed by atoms with Crippen molar-refractivity contribution in [1.29, 1.82) is 0 Å². The highest BCUT2D eigenvalue weighted by Gasteiger charge is 2.33. The quantitative estimate of drug-likeness (QED) is 0.842. The van der Waals surface area contributed by atoms with Gasteiger partial charge in [-0.1, -0.05) is 12.2 Å². The van der Waals surface area contributed by atoms with Crippen LogP contribution in [0.2, 0.25) is 0 Å². The number of aromatic nitrogens is 2. The maximum atomic E-state index is 12.7. The van der Waals surface area contributed by atoms with E-state index in [4.69, 9.17) is 18.0 Å². The molecule has 0 aliphatic carbocycles. The molecular weight excluding hydrogens is 321 g/mol. The number of rotatable bonds is 4. The minimum absolute atomic E-state index is 0.00276. The second-order valence-corrected chi connectivity index (χ2v) is 5.67. The largest absolute Gasteiger partial charge is 0.433 e. The Morgan fingerprint density at radius 1 is 1.38 bits per heavy atom. The highest BCUT2D eigenvalue weighted by Crippen LogP contribution is 2.29. The third kappa shape index (κ3) is 3.88. The van der Waals surface area contributed by atoms with Crippen molar-refractivity contribution in [1.82, 2.24) is 9.97 Å². The molecule has 2 heterocycles. The molecular formula is C12H11F3N4S2. The predicted octanol–water partition coefficient (Wildman–Crippen LogP) is 3.11. The second kappa shape index (κ2) is 5.94. The molecule has 0 atom stereocenters. The first-order valence-electron chi connectivity index (χ1n) is 5.80. The normalized spacial score (nSPS) is 11.4. The van der Waals surface area contributed by atoms with Crippen molar-refractivity contribution in [2.24, 2.45) is 5.73 Å². The Morgan fingerprint density at radius 2 is 2.10 bits per heavy atom. The summed E-state index contributed by atoms with van der Waals surface area (Å²) in [6.07, 6.45) is -4.53. The molecule has 0 saturated heterocycles. The molecule has 2 rings (SSSR count). The van der Waals surface area contributed by atoms with Crippen molar-refractivity contribution >= 4 is 34.4 Å². The first-order valence-corrected chi connectivity index (χ1v) is 7.09. The molecule has 2 aromatic rings. The van der Waals surface area contributed by atoms with Crippen LogP contribution in [-0.2, 0) is 12.7 Å². The summed E-state index contributed by atoms with van der Waals surface area (Å²) >= 11 is 6.28. The summed E-state index contributed by atoms with van der Waals surface area (Å²) in [4.78, 5) is 7.75. The first kappa shape index (κ1) is 15.6. The van der Waals surface area contributed by atoms with Gasteiger partial charge in [0.2, 0.25) is 0 Å². The Balaban J connectivity index is 2.28. The van der Waals surface area contributed by atoms with E-state index in [1.807, 2.05) is 12.3 Å². The lowest BCUT2D eigenvalue weighted by Crippen LogP contribution is -2.17. The van der Waals surface area contributed by atoms with E-state index in [-0.39, 0.29) is 22.9 Å². The Bertz CT molecular complexity index is 667. The van der Waals surface area contributed by atoms with Crippen LogP contribution in [0.4, 0.5) is 19.0 Å². The van der Waals surface area contributed by atoms with Crippen LogP contribution in [0.5, 0.6) is 0 Å². The highest BCUT2D eigenvalue weighted by molar-refractivity contribution is 7.80. The lowest BCUT2D eigenvalue weighted by atomic mass is 10.2. The Hall–Kier alpha value is -1.74. The average Bonchev–Trinajstić information content (AvgIpc) is 2.80. The van der Waals surface area contributed by atoms with Crippen LogP contribution in [-0.4, -0.2) is 15.0 Å². The third-order valence-corrected chi connectivity index (χ3v) is 3.60. The lowest BCUT2D eigenvalue weighted by Gasteiger charge is -2.12. The van der Waals surface area contributed by atoms with Gasteiger partial charge in [-0.2, -0.15) is 13.2 Å². The number of hydrogen-bond donors (Lipinski definition) is 2. The van der Waals surface area contributed by atoms with Gasteiger partial charge in [-0.15, -0.1) is 11.3 Å². The van der Waals surface area contributed by atoms with Crippen LogP contribution < -0.4 is 11.1 Å². The summed E-state index contributed by atoms with van der Waals surface area (Å²) in [5, 5.41) is 5.49. The van der Waals surface area contributed by atoms with Crippen molar-refractivity contribution in [2.75, 3.05) is 5.32 Å². The molecule has 0 aliphatic heterocycles. The number of thiocarbonyl (C=S) groups is 1. The topological polar surface area (TPSA) is 63.8 Å². The average molecular weight is 332 g/mol.